The number of rotatable bonds is 3. The van der Waals surface area contributed by atoms with Crippen LogP contribution in [-0.2, 0) is 0 Å². The molecule has 0 unspecified atom stereocenters. The lowest BCUT2D eigenvalue weighted by atomic mass is 10.0. The van der Waals surface area contributed by atoms with E-state index in [1.54, 1.807) is 6.20 Å². The summed E-state index contributed by atoms with van der Waals surface area (Å²) in [6.45, 7) is 5.66. The molecule has 4 aromatic rings. The highest BCUT2D eigenvalue weighted by atomic mass is 14.8. The third kappa shape index (κ3) is 2.90. The van der Waals surface area contributed by atoms with Gasteiger partial charge < -0.3 is 0 Å². The zero-order chi connectivity index (χ0) is 17.2. The fourth-order valence-corrected chi connectivity index (χ4v) is 2.81. The van der Waals surface area contributed by atoms with Gasteiger partial charge in [-0.3, -0.25) is 9.98 Å². The lowest BCUT2D eigenvalue weighted by Gasteiger charge is -2.06. The van der Waals surface area contributed by atoms with E-state index in [4.69, 9.17) is 4.98 Å². The number of nitrogens with zero attached hydrogens (tertiary/aromatic N) is 4. The van der Waals surface area contributed by atoms with Gasteiger partial charge in [0.05, 0.1) is 33.4 Å². The second-order valence-corrected chi connectivity index (χ2v) is 5.81. The molecule has 0 aliphatic rings. The van der Waals surface area contributed by atoms with Crippen LogP contribution in [0.2, 0.25) is 0 Å². The molecule has 0 fully saturated rings. The number of hydrogen-bond donors (Lipinski definition) is 0. The fourth-order valence-electron chi connectivity index (χ4n) is 2.81. The molecule has 0 saturated carbocycles. The maximum atomic E-state index is 4.73. The van der Waals surface area contributed by atoms with Crippen molar-refractivity contribution in [2.45, 2.75) is 6.92 Å². The normalized spacial score (nSPS) is 11.8. The molecule has 0 aliphatic carbocycles. The summed E-state index contributed by atoms with van der Waals surface area (Å²) in [6, 6.07) is 17.8. The van der Waals surface area contributed by atoms with Gasteiger partial charge in [0.25, 0.3) is 0 Å². The quantitative estimate of drug-likeness (QED) is 0.390. The number of hydrogen-bond acceptors (Lipinski definition) is 4. The second kappa shape index (κ2) is 6.24. The fraction of sp³-hybridized carbons (Fsp3) is 0.0476. The topological polar surface area (TPSA) is 51.0 Å². The summed E-state index contributed by atoms with van der Waals surface area (Å²) >= 11 is 0. The number of fused-ring (bicyclic) bond motifs is 2. The van der Waals surface area contributed by atoms with Gasteiger partial charge in [0, 0.05) is 6.20 Å². The zero-order valence-electron chi connectivity index (χ0n) is 13.8. The SMILES string of the molecule is C=Nc1cccnc1/C=C(\C)c1ccc2nc3ccccc3nc2c1. The van der Waals surface area contributed by atoms with E-state index in [1.807, 2.05) is 48.5 Å². The lowest BCUT2D eigenvalue weighted by Crippen LogP contribution is -1.89. The summed E-state index contributed by atoms with van der Waals surface area (Å²) in [6.07, 6.45) is 3.77. The van der Waals surface area contributed by atoms with Crippen LogP contribution >= 0.6 is 0 Å². The van der Waals surface area contributed by atoms with E-state index in [2.05, 4.69) is 40.7 Å². The molecule has 120 valence electrons. The van der Waals surface area contributed by atoms with Crippen LogP contribution in [0.4, 0.5) is 5.69 Å². The van der Waals surface area contributed by atoms with E-state index >= 15 is 0 Å². The molecule has 0 radical (unpaired) electrons. The van der Waals surface area contributed by atoms with Crippen molar-refractivity contribution in [3.8, 4) is 0 Å². The molecule has 4 heteroatoms. The van der Waals surface area contributed by atoms with Crippen molar-refractivity contribution in [2.75, 3.05) is 0 Å². The number of aromatic nitrogens is 3. The van der Waals surface area contributed by atoms with Gasteiger partial charge in [-0.25, -0.2) is 9.97 Å². The van der Waals surface area contributed by atoms with Crippen molar-refractivity contribution in [2.24, 2.45) is 4.99 Å². The van der Waals surface area contributed by atoms with Crippen molar-refractivity contribution in [3.63, 3.8) is 0 Å². The molecule has 2 aromatic heterocycles. The minimum absolute atomic E-state index is 0.772. The van der Waals surface area contributed by atoms with Crippen LogP contribution in [0.15, 0.2) is 65.8 Å². The summed E-state index contributed by atoms with van der Waals surface area (Å²) in [5.74, 6) is 0. The highest BCUT2D eigenvalue weighted by Crippen LogP contribution is 2.25. The first-order valence-electron chi connectivity index (χ1n) is 8.01. The van der Waals surface area contributed by atoms with Gasteiger partial charge in [-0.05, 0) is 67.3 Å². The molecule has 0 bridgehead atoms. The van der Waals surface area contributed by atoms with E-state index in [-0.39, 0.29) is 0 Å². The Labute approximate surface area is 145 Å². The molecular weight excluding hydrogens is 308 g/mol. The molecule has 25 heavy (non-hydrogen) atoms. The second-order valence-electron chi connectivity index (χ2n) is 5.81. The van der Waals surface area contributed by atoms with Gasteiger partial charge in [-0.15, -0.1) is 0 Å². The summed E-state index contributed by atoms with van der Waals surface area (Å²) < 4.78 is 0. The van der Waals surface area contributed by atoms with Crippen LogP contribution in [0.3, 0.4) is 0 Å². The Morgan fingerprint density at radius 1 is 0.920 bits per heavy atom. The Morgan fingerprint density at radius 3 is 2.40 bits per heavy atom. The monoisotopic (exact) mass is 324 g/mol. The predicted octanol–water partition coefficient (Wildman–Crippen LogP) is 5.07. The van der Waals surface area contributed by atoms with Crippen LogP contribution < -0.4 is 0 Å². The summed E-state index contributed by atoms with van der Waals surface area (Å²) in [7, 11) is 0. The Balaban J connectivity index is 1.81. The average molecular weight is 324 g/mol. The molecule has 0 amide bonds. The highest BCUT2D eigenvalue weighted by Gasteiger charge is 2.05. The van der Waals surface area contributed by atoms with Crippen LogP contribution in [0.1, 0.15) is 18.2 Å². The Morgan fingerprint density at radius 2 is 1.64 bits per heavy atom. The minimum Gasteiger partial charge on any atom is -0.262 e. The third-order valence-electron chi connectivity index (χ3n) is 4.13. The van der Waals surface area contributed by atoms with Crippen LogP contribution in [0.5, 0.6) is 0 Å². The first kappa shape index (κ1) is 15.1. The predicted molar refractivity (Wildman–Crippen MR) is 104 cm³/mol. The molecular formula is C21H16N4. The molecule has 0 aliphatic heterocycles. The maximum Gasteiger partial charge on any atom is 0.0900 e. The molecule has 0 N–H and O–H groups in total. The minimum atomic E-state index is 0.772. The van der Waals surface area contributed by atoms with Gasteiger partial charge in [0.15, 0.2) is 0 Å². The molecule has 4 rings (SSSR count). The largest absolute Gasteiger partial charge is 0.262 e. The van der Waals surface area contributed by atoms with Gasteiger partial charge in [-0.2, -0.15) is 0 Å². The molecule has 2 aromatic carbocycles. The molecule has 0 atom stereocenters. The Bertz CT molecular complexity index is 1130. The van der Waals surface area contributed by atoms with Crippen molar-refractivity contribution in [1.29, 1.82) is 0 Å². The molecule has 4 nitrogen and oxygen atoms in total. The van der Waals surface area contributed by atoms with Crippen molar-refractivity contribution in [3.05, 3.63) is 72.1 Å². The molecule has 0 saturated heterocycles. The van der Waals surface area contributed by atoms with Crippen LogP contribution in [-0.4, -0.2) is 21.7 Å². The highest BCUT2D eigenvalue weighted by molar-refractivity contribution is 5.90. The third-order valence-corrected chi connectivity index (χ3v) is 4.13. The average Bonchev–Trinajstić information content (AvgIpc) is 2.66. The van der Waals surface area contributed by atoms with Gasteiger partial charge in [0.2, 0.25) is 0 Å². The van der Waals surface area contributed by atoms with E-state index in [1.165, 1.54) is 0 Å². The number of pyridine rings is 1. The summed E-state index contributed by atoms with van der Waals surface area (Å²) in [5, 5.41) is 0. The first-order valence-corrected chi connectivity index (χ1v) is 8.01. The van der Waals surface area contributed by atoms with Crippen molar-refractivity contribution >= 4 is 46.1 Å². The first-order chi connectivity index (χ1) is 12.2. The Hall–Kier alpha value is -3.40. The van der Waals surface area contributed by atoms with E-state index in [9.17, 15) is 0 Å². The van der Waals surface area contributed by atoms with Crippen molar-refractivity contribution < 1.29 is 0 Å². The number of aliphatic imine (C=N–C) groups is 1. The summed E-state index contributed by atoms with van der Waals surface area (Å²) in [5.41, 5.74) is 7.32. The van der Waals surface area contributed by atoms with E-state index in [0.29, 0.717) is 0 Å². The van der Waals surface area contributed by atoms with E-state index in [0.717, 1.165) is 44.6 Å². The summed E-state index contributed by atoms with van der Waals surface area (Å²) in [4.78, 5) is 17.8. The standard InChI is InChI=1S/C21H16N4/c1-14(12-20-16(22-2)8-5-11-23-20)15-9-10-19-21(13-15)25-18-7-4-3-6-17(18)24-19/h3-13H,2H2,1H3/b14-12+. The van der Waals surface area contributed by atoms with Crippen LogP contribution in [0, 0.1) is 0 Å². The van der Waals surface area contributed by atoms with Gasteiger partial charge in [0.1, 0.15) is 0 Å². The molecule has 2 heterocycles. The molecule has 0 spiro atoms. The zero-order valence-corrected chi connectivity index (χ0v) is 13.8. The van der Waals surface area contributed by atoms with E-state index < -0.39 is 0 Å². The number of allylic oxidation sites excluding steroid dienone is 1. The van der Waals surface area contributed by atoms with Crippen molar-refractivity contribution in [1.82, 2.24) is 15.0 Å². The number of benzene rings is 2. The Kier molecular flexibility index (Phi) is 3.78. The van der Waals surface area contributed by atoms with Gasteiger partial charge in [-0.1, -0.05) is 18.2 Å². The maximum absolute atomic E-state index is 4.73. The smallest absolute Gasteiger partial charge is 0.0900 e. The van der Waals surface area contributed by atoms with Gasteiger partial charge >= 0.3 is 0 Å². The lowest BCUT2D eigenvalue weighted by molar-refractivity contribution is 1.28. The number of para-hydroxylation sites is 2. The van der Waals surface area contributed by atoms with Crippen LogP contribution in [0.25, 0.3) is 33.7 Å².